The number of anilines is 3. The number of benzene rings is 2. The Morgan fingerprint density at radius 2 is 1.94 bits per heavy atom. The Hall–Kier alpha value is -1.70. The maximum atomic E-state index is 8.87. The van der Waals surface area contributed by atoms with Crippen LogP contribution in [-0.4, -0.2) is 0 Å². The van der Waals surface area contributed by atoms with Gasteiger partial charge >= 0.3 is 0 Å². The van der Waals surface area contributed by atoms with Crippen LogP contribution in [0.5, 0.6) is 0 Å². The maximum absolute atomic E-state index is 8.87. The van der Waals surface area contributed by atoms with E-state index in [0.717, 1.165) is 10.2 Å². The molecular formula is C13H9BrClN3. The van der Waals surface area contributed by atoms with Crippen LogP contribution in [0.25, 0.3) is 0 Å². The highest BCUT2D eigenvalue weighted by molar-refractivity contribution is 9.10. The number of nitrogen functional groups attached to an aromatic ring is 1. The van der Waals surface area contributed by atoms with E-state index in [2.05, 4.69) is 27.3 Å². The van der Waals surface area contributed by atoms with E-state index in [0.29, 0.717) is 22.0 Å². The Morgan fingerprint density at radius 3 is 2.67 bits per heavy atom. The summed E-state index contributed by atoms with van der Waals surface area (Å²) >= 11 is 9.46. The van der Waals surface area contributed by atoms with Crippen molar-refractivity contribution in [1.82, 2.24) is 0 Å². The first kappa shape index (κ1) is 12.7. The molecule has 0 unspecified atom stereocenters. The fraction of sp³-hybridized carbons (Fsp3) is 0. The van der Waals surface area contributed by atoms with Crippen molar-refractivity contribution in [2.45, 2.75) is 0 Å². The molecular weight excluding hydrogens is 314 g/mol. The van der Waals surface area contributed by atoms with Crippen molar-refractivity contribution in [3.05, 3.63) is 51.5 Å². The van der Waals surface area contributed by atoms with Gasteiger partial charge in [0.05, 0.1) is 33.7 Å². The third-order valence-corrected chi connectivity index (χ3v) is 3.20. The molecule has 5 heteroatoms. The van der Waals surface area contributed by atoms with Crippen molar-refractivity contribution in [3.63, 3.8) is 0 Å². The van der Waals surface area contributed by atoms with E-state index >= 15 is 0 Å². The fourth-order valence-corrected chi connectivity index (χ4v) is 2.00. The molecule has 0 radical (unpaired) electrons. The quantitative estimate of drug-likeness (QED) is 0.810. The van der Waals surface area contributed by atoms with Crippen LogP contribution in [0.2, 0.25) is 5.02 Å². The van der Waals surface area contributed by atoms with E-state index < -0.39 is 0 Å². The second-order valence-corrected chi connectivity index (χ2v) is 4.99. The van der Waals surface area contributed by atoms with Gasteiger partial charge in [-0.2, -0.15) is 5.26 Å². The molecule has 0 aliphatic heterocycles. The molecule has 0 heterocycles. The topological polar surface area (TPSA) is 61.8 Å². The minimum absolute atomic E-state index is 0.540. The smallest absolute Gasteiger partial charge is 0.0992 e. The summed E-state index contributed by atoms with van der Waals surface area (Å²) in [7, 11) is 0. The monoisotopic (exact) mass is 321 g/mol. The molecule has 0 saturated carbocycles. The van der Waals surface area contributed by atoms with Crippen LogP contribution in [0.4, 0.5) is 17.1 Å². The number of nitrogens with zero attached hydrogens (tertiary/aromatic N) is 1. The Kier molecular flexibility index (Phi) is 3.75. The van der Waals surface area contributed by atoms with Gasteiger partial charge in [-0.05, 0) is 36.4 Å². The standard InChI is InChI=1S/C13H9BrClN3/c14-9-2-3-10(15)12(6-9)18-13-5-8(7-16)1-4-11(13)17/h1-6,18H,17H2. The lowest BCUT2D eigenvalue weighted by Gasteiger charge is -2.11. The number of nitrogens with one attached hydrogen (secondary N) is 1. The Morgan fingerprint density at radius 1 is 1.17 bits per heavy atom. The molecule has 0 saturated heterocycles. The number of hydrogen-bond acceptors (Lipinski definition) is 3. The number of nitriles is 1. The van der Waals surface area contributed by atoms with Crippen molar-refractivity contribution >= 4 is 44.6 Å². The molecule has 0 aromatic heterocycles. The molecule has 90 valence electrons. The van der Waals surface area contributed by atoms with Crippen LogP contribution in [0.15, 0.2) is 40.9 Å². The molecule has 2 rings (SSSR count). The Bertz CT molecular complexity index is 635. The van der Waals surface area contributed by atoms with Gasteiger partial charge < -0.3 is 11.1 Å². The first-order valence-electron chi connectivity index (χ1n) is 5.12. The second kappa shape index (κ2) is 5.30. The van der Waals surface area contributed by atoms with Gasteiger partial charge in [0.25, 0.3) is 0 Å². The van der Waals surface area contributed by atoms with E-state index in [1.54, 1.807) is 24.3 Å². The third-order valence-electron chi connectivity index (χ3n) is 2.38. The van der Waals surface area contributed by atoms with E-state index in [-0.39, 0.29) is 0 Å². The van der Waals surface area contributed by atoms with Crippen molar-refractivity contribution in [2.75, 3.05) is 11.1 Å². The lowest BCUT2D eigenvalue weighted by Crippen LogP contribution is -1.97. The molecule has 0 amide bonds. The summed E-state index contributed by atoms with van der Waals surface area (Å²) in [5.74, 6) is 0. The molecule has 2 aromatic rings. The average Bonchev–Trinajstić information content (AvgIpc) is 2.36. The molecule has 0 aliphatic rings. The maximum Gasteiger partial charge on any atom is 0.0992 e. The molecule has 3 nitrogen and oxygen atoms in total. The second-order valence-electron chi connectivity index (χ2n) is 3.66. The van der Waals surface area contributed by atoms with Gasteiger partial charge in [0.1, 0.15) is 0 Å². The van der Waals surface area contributed by atoms with Crippen molar-refractivity contribution in [1.29, 1.82) is 5.26 Å². The van der Waals surface area contributed by atoms with Crippen LogP contribution in [0.1, 0.15) is 5.56 Å². The first-order valence-corrected chi connectivity index (χ1v) is 6.29. The van der Waals surface area contributed by atoms with E-state index in [4.69, 9.17) is 22.6 Å². The van der Waals surface area contributed by atoms with Gasteiger partial charge in [0, 0.05) is 4.47 Å². The van der Waals surface area contributed by atoms with Gasteiger partial charge in [-0.15, -0.1) is 0 Å². The van der Waals surface area contributed by atoms with Crippen LogP contribution in [0.3, 0.4) is 0 Å². The van der Waals surface area contributed by atoms with Crippen LogP contribution in [0, 0.1) is 11.3 Å². The van der Waals surface area contributed by atoms with E-state index in [1.165, 1.54) is 0 Å². The molecule has 3 N–H and O–H groups in total. The van der Waals surface area contributed by atoms with Crippen LogP contribution >= 0.6 is 27.5 Å². The number of halogens is 2. The summed E-state index contributed by atoms with van der Waals surface area (Å²) in [5.41, 5.74) is 8.34. The average molecular weight is 323 g/mol. The van der Waals surface area contributed by atoms with Crippen LogP contribution < -0.4 is 11.1 Å². The summed E-state index contributed by atoms with van der Waals surface area (Å²) in [6.45, 7) is 0. The van der Waals surface area contributed by atoms with Crippen molar-refractivity contribution in [3.8, 4) is 6.07 Å². The van der Waals surface area contributed by atoms with Gasteiger partial charge in [0.2, 0.25) is 0 Å². The number of hydrogen-bond donors (Lipinski definition) is 2. The van der Waals surface area contributed by atoms with Crippen LogP contribution in [-0.2, 0) is 0 Å². The zero-order valence-corrected chi connectivity index (χ0v) is 11.6. The zero-order chi connectivity index (χ0) is 13.1. The summed E-state index contributed by atoms with van der Waals surface area (Å²) in [6.07, 6.45) is 0. The SMILES string of the molecule is N#Cc1ccc(N)c(Nc2cc(Br)ccc2Cl)c1. The fourth-order valence-electron chi connectivity index (χ4n) is 1.47. The van der Waals surface area contributed by atoms with E-state index in [1.807, 2.05) is 12.1 Å². The molecule has 2 aromatic carbocycles. The van der Waals surface area contributed by atoms with Gasteiger partial charge in [-0.3, -0.25) is 0 Å². The lowest BCUT2D eigenvalue weighted by molar-refractivity contribution is 1.47. The van der Waals surface area contributed by atoms with Gasteiger partial charge in [-0.1, -0.05) is 27.5 Å². The molecule has 0 aliphatic carbocycles. The largest absolute Gasteiger partial charge is 0.397 e. The molecule has 0 spiro atoms. The zero-order valence-electron chi connectivity index (χ0n) is 9.24. The third kappa shape index (κ3) is 2.76. The minimum atomic E-state index is 0.540. The highest BCUT2D eigenvalue weighted by atomic mass is 79.9. The number of nitrogens with two attached hydrogens (primary N) is 1. The minimum Gasteiger partial charge on any atom is -0.397 e. The summed E-state index contributed by atoms with van der Waals surface area (Å²) < 4.78 is 0.907. The predicted octanol–water partition coefficient (Wildman–Crippen LogP) is 4.30. The van der Waals surface area contributed by atoms with E-state index in [9.17, 15) is 0 Å². The summed E-state index contributed by atoms with van der Waals surface area (Å²) in [6, 6.07) is 12.6. The highest BCUT2D eigenvalue weighted by Gasteiger charge is 2.05. The first-order chi connectivity index (χ1) is 8.60. The summed E-state index contributed by atoms with van der Waals surface area (Å²) in [5, 5.41) is 12.6. The van der Waals surface area contributed by atoms with Crippen molar-refractivity contribution in [2.24, 2.45) is 0 Å². The van der Waals surface area contributed by atoms with Gasteiger partial charge in [-0.25, -0.2) is 0 Å². The van der Waals surface area contributed by atoms with Crippen molar-refractivity contribution < 1.29 is 0 Å². The Labute approximate surface area is 118 Å². The Balaban J connectivity index is 2.39. The molecule has 0 bridgehead atoms. The molecule has 18 heavy (non-hydrogen) atoms. The lowest BCUT2D eigenvalue weighted by atomic mass is 10.2. The van der Waals surface area contributed by atoms with Gasteiger partial charge in [0.15, 0.2) is 0 Å². The molecule has 0 fully saturated rings. The normalized spacial score (nSPS) is 9.83. The predicted molar refractivity (Wildman–Crippen MR) is 78.0 cm³/mol. The molecule has 0 atom stereocenters. The highest BCUT2D eigenvalue weighted by Crippen LogP contribution is 2.31. The summed E-state index contributed by atoms with van der Waals surface area (Å²) in [4.78, 5) is 0. The number of rotatable bonds is 2.